The van der Waals surface area contributed by atoms with Gasteiger partial charge in [-0.15, -0.1) is 11.8 Å². The summed E-state index contributed by atoms with van der Waals surface area (Å²) in [4.78, 5) is 1.26. The van der Waals surface area contributed by atoms with Crippen molar-refractivity contribution >= 4 is 23.4 Å². The van der Waals surface area contributed by atoms with Crippen molar-refractivity contribution in [3.63, 3.8) is 0 Å². The normalized spacial score (nSPS) is 25.0. The molecule has 2 nitrogen and oxygen atoms in total. The molecule has 0 saturated carbocycles. The molecule has 1 aliphatic rings. The molecule has 0 amide bonds. The molecule has 118 valence electrons. The van der Waals surface area contributed by atoms with Gasteiger partial charge < -0.3 is 10.1 Å². The molecule has 2 rings (SSSR count). The average Bonchev–Trinajstić information content (AvgIpc) is 2.61. The van der Waals surface area contributed by atoms with Crippen LogP contribution in [0.2, 0.25) is 5.02 Å². The third-order valence-electron chi connectivity index (χ3n) is 4.24. The van der Waals surface area contributed by atoms with Gasteiger partial charge in [0.05, 0.1) is 11.2 Å². The van der Waals surface area contributed by atoms with Crippen LogP contribution in [0.4, 0.5) is 0 Å². The Labute approximate surface area is 138 Å². The highest BCUT2D eigenvalue weighted by molar-refractivity contribution is 7.99. The van der Waals surface area contributed by atoms with E-state index in [1.807, 2.05) is 23.9 Å². The minimum absolute atomic E-state index is 0.0335. The first-order valence-electron chi connectivity index (χ1n) is 7.49. The summed E-state index contributed by atoms with van der Waals surface area (Å²) in [5, 5.41) is 4.28. The van der Waals surface area contributed by atoms with Crippen LogP contribution in [0.25, 0.3) is 0 Å². The predicted molar refractivity (Wildman–Crippen MR) is 92.4 cm³/mol. The van der Waals surface area contributed by atoms with E-state index in [2.05, 4.69) is 52.2 Å². The fourth-order valence-electron chi connectivity index (χ4n) is 3.35. The van der Waals surface area contributed by atoms with Crippen LogP contribution in [0.3, 0.4) is 0 Å². The van der Waals surface area contributed by atoms with Gasteiger partial charge in [0.2, 0.25) is 0 Å². The highest BCUT2D eigenvalue weighted by atomic mass is 35.5. The molecule has 2 unspecified atom stereocenters. The Morgan fingerprint density at radius 1 is 1.29 bits per heavy atom. The summed E-state index contributed by atoms with van der Waals surface area (Å²) in [6.07, 6.45) is 1.09. The second-order valence-electron chi connectivity index (χ2n) is 6.94. The van der Waals surface area contributed by atoms with Crippen molar-refractivity contribution in [3.8, 4) is 0 Å². The van der Waals surface area contributed by atoms with Gasteiger partial charge in [0, 0.05) is 27.6 Å². The summed E-state index contributed by atoms with van der Waals surface area (Å²) >= 11 is 7.81. The topological polar surface area (TPSA) is 21.3 Å². The monoisotopic (exact) mass is 327 g/mol. The van der Waals surface area contributed by atoms with Crippen molar-refractivity contribution in [2.75, 3.05) is 12.8 Å². The molecule has 1 aromatic rings. The largest absolute Gasteiger partial charge is 0.369 e. The average molecular weight is 328 g/mol. The van der Waals surface area contributed by atoms with Gasteiger partial charge in [-0.3, -0.25) is 0 Å². The number of benzene rings is 1. The van der Waals surface area contributed by atoms with Crippen LogP contribution in [0.5, 0.6) is 0 Å². The first kappa shape index (κ1) is 17.1. The van der Waals surface area contributed by atoms with Crippen LogP contribution in [-0.4, -0.2) is 30.0 Å². The van der Waals surface area contributed by atoms with Crippen molar-refractivity contribution in [1.82, 2.24) is 5.32 Å². The van der Waals surface area contributed by atoms with Crippen molar-refractivity contribution < 1.29 is 4.74 Å². The van der Waals surface area contributed by atoms with Gasteiger partial charge in [-0.05, 0) is 65.4 Å². The number of rotatable bonds is 5. The number of hydrogen-bond acceptors (Lipinski definition) is 3. The van der Waals surface area contributed by atoms with Gasteiger partial charge in [0.15, 0.2) is 0 Å². The van der Waals surface area contributed by atoms with Crippen molar-refractivity contribution in [2.45, 2.75) is 56.3 Å². The molecule has 0 spiro atoms. The summed E-state index contributed by atoms with van der Waals surface area (Å²) in [5.74, 6) is 1.54. The molecule has 0 bridgehead atoms. The number of nitrogens with one attached hydrogen (secondary N) is 1. The zero-order valence-electron chi connectivity index (χ0n) is 13.6. The van der Waals surface area contributed by atoms with Gasteiger partial charge in [-0.25, -0.2) is 0 Å². The van der Waals surface area contributed by atoms with Gasteiger partial charge in [-0.1, -0.05) is 11.6 Å². The van der Waals surface area contributed by atoms with Crippen LogP contribution >= 0.6 is 23.4 Å². The molecule has 1 heterocycles. The Morgan fingerprint density at radius 2 is 1.90 bits per heavy atom. The molecule has 4 heteroatoms. The maximum atomic E-state index is 6.23. The van der Waals surface area contributed by atoms with E-state index in [0.717, 1.165) is 17.2 Å². The van der Waals surface area contributed by atoms with Crippen LogP contribution in [0.1, 0.15) is 34.1 Å². The first-order chi connectivity index (χ1) is 9.73. The number of ether oxygens (including phenoxy) is 1. The molecular formula is C17H26ClNOS. The van der Waals surface area contributed by atoms with E-state index >= 15 is 0 Å². The molecule has 0 radical (unpaired) electrons. The Hall–Kier alpha value is -0.220. The quantitative estimate of drug-likeness (QED) is 0.798. The summed E-state index contributed by atoms with van der Waals surface area (Å²) in [7, 11) is 2.05. The van der Waals surface area contributed by atoms with E-state index < -0.39 is 0 Å². The van der Waals surface area contributed by atoms with Crippen LogP contribution in [-0.2, 0) is 4.74 Å². The Kier molecular flexibility index (Phi) is 5.30. The lowest BCUT2D eigenvalue weighted by atomic mass is 9.82. The molecule has 2 atom stereocenters. The maximum absolute atomic E-state index is 6.23. The summed E-state index contributed by atoms with van der Waals surface area (Å²) < 4.78 is 6.23. The van der Waals surface area contributed by atoms with E-state index in [1.54, 1.807) is 0 Å². The third kappa shape index (κ3) is 4.38. The van der Waals surface area contributed by atoms with Gasteiger partial charge in [-0.2, -0.15) is 0 Å². The van der Waals surface area contributed by atoms with Gasteiger partial charge >= 0.3 is 0 Å². The van der Waals surface area contributed by atoms with Gasteiger partial charge in [0.1, 0.15) is 0 Å². The summed E-state index contributed by atoms with van der Waals surface area (Å²) in [6.45, 7) is 8.80. The lowest BCUT2D eigenvalue weighted by Crippen LogP contribution is -2.44. The molecule has 0 aliphatic carbocycles. The minimum Gasteiger partial charge on any atom is -0.369 e. The number of hydrogen-bond donors (Lipinski definition) is 1. The van der Waals surface area contributed by atoms with E-state index in [1.165, 1.54) is 4.90 Å². The lowest BCUT2D eigenvalue weighted by Gasteiger charge is -2.32. The lowest BCUT2D eigenvalue weighted by molar-refractivity contribution is -0.0767. The zero-order valence-corrected chi connectivity index (χ0v) is 15.1. The van der Waals surface area contributed by atoms with Crippen LogP contribution in [0.15, 0.2) is 29.2 Å². The van der Waals surface area contributed by atoms with E-state index in [4.69, 9.17) is 16.3 Å². The molecule has 1 aliphatic heterocycles. The maximum Gasteiger partial charge on any atom is 0.0678 e. The van der Waals surface area contributed by atoms with Gasteiger partial charge in [0.25, 0.3) is 0 Å². The van der Waals surface area contributed by atoms with E-state index in [0.29, 0.717) is 12.0 Å². The molecule has 1 aromatic carbocycles. The smallest absolute Gasteiger partial charge is 0.0678 e. The van der Waals surface area contributed by atoms with Crippen LogP contribution < -0.4 is 5.32 Å². The molecule has 0 aromatic heterocycles. The molecule has 1 fully saturated rings. The van der Waals surface area contributed by atoms with E-state index in [9.17, 15) is 0 Å². The molecule has 21 heavy (non-hydrogen) atoms. The fraction of sp³-hybridized carbons (Fsp3) is 0.647. The highest BCUT2D eigenvalue weighted by Gasteiger charge is 2.48. The summed E-state index contributed by atoms with van der Waals surface area (Å²) in [5.41, 5.74) is -0.119. The first-order valence-corrected chi connectivity index (χ1v) is 8.86. The minimum atomic E-state index is -0.0856. The standard InChI is InChI=1S/C17H26ClNOS/c1-16(2)10-14(17(3,4)20-16)15(19-5)11-21-13-8-6-12(18)7-9-13/h6-9,14-15,19H,10-11H2,1-5H3. The molecular weight excluding hydrogens is 302 g/mol. The summed E-state index contributed by atoms with van der Waals surface area (Å²) in [6, 6.07) is 8.50. The van der Waals surface area contributed by atoms with Crippen molar-refractivity contribution in [3.05, 3.63) is 29.3 Å². The van der Waals surface area contributed by atoms with E-state index in [-0.39, 0.29) is 11.2 Å². The Morgan fingerprint density at radius 3 is 2.38 bits per heavy atom. The Bertz CT molecular complexity index is 472. The van der Waals surface area contributed by atoms with Crippen molar-refractivity contribution in [2.24, 2.45) is 5.92 Å². The number of halogens is 1. The van der Waals surface area contributed by atoms with Crippen LogP contribution in [0, 0.1) is 5.92 Å². The predicted octanol–water partition coefficient (Wildman–Crippen LogP) is 4.61. The SMILES string of the molecule is CNC(CSc1ccc(Cl)cc1)C1CC(C)(C)OC1(C)C. The fourth-order valence-corrected chi connectivity index (χ4v) is 4.57. The van der Waals surface area contributed by atoms with Crippen molar-refractivity contribution in [1.29, 1.82) is 0 Å². The second-order valence-corrected chi connectivity index (χ2v) is 8.47. The molecule has 1 N–H and O–H groups in total. The molecule has 1 saturated heterocycles. The second kappa shape index (κ2) is 6.49. The number of thioether (sulfide) groups is 1. The zero-order chi connectivity index (χ0) is 15.7. The third-order valence-corrected chi connectivity index (χ3v) is 5.63. The highest BCUT2D eigenvalue weighted by Crippen LogP contribution is 2.44. The Balaban J connectivity index is 2.01.